The fraction of sp³-hybridized carbons (Fsp3) is 0.769. The lowest BCUT2D eigenvalue weighted by molar-refractivity contribution is 0.661. The molecule has 1 aromatic rings. The molecule has 178 valence electrons. The first-order chi connectivity index (χ1) is 15.8. The van der Waals surface area contributed by atoms with E-state index < -0.39 is 0 Å². The average Bonchev–Trinajstić information content (AvgIpc) is 2.80. The molecule has 0 saturated carbocycles. The number of aryl methyl sites for hydroxylation is 4. The Hall–Kier alpha value is -2.16. The summed E-state index contributed by atoms with van der Waals surface area (Å²) in [7, 11) is 0. The molecule has 6 nitrogen and oxygen atoms in total. The third-order valence-corrected chi connectivity index (χ3v) is 6.16. The van der Waals surface area contributed by atoms with Crippen LogP contribution in [0.4, 0.5) is 0 Å². The van der Waals surface area contributed by atoms with Crippen LogP contribution in [0.25, 0.3) is 20.9 Å². The summed E-state index contributed by atoms with van der Waals surface area (Å²) in [4.78, 5) is 5.70. The van der Waals surface area contributed by atoms with Gasteiger partial charge in [0.1, 0.15) is 0 Å². The van der Waals surface area contributed by atoms with Crippen LogP contribution in [0, 0.1) is 0 Å². The van der Waals surface area contributed by atoms with Gasteiger partial charge in [0.15, 0.2) is 0 Å². The minimum atomic E-state index is 0.604. The Labute approximate surface area is 195 Å². The number of benzene rings is 1. The zero-order valence-corrected chi connectivity index (χ0v) is 20.6. The molecule has 0 aliphatic rings. The SMILES string of the molecule is CCCCCc1cc(CCCCCN=[N+]=[N-])c(CCCCCN=[N+]=[N-])cc1CCCCC. The summed E-state index contributed by atoms with van der Waals surface area (Å²) in [6.45, 7) is 5.75. The quantitative estimate of drug-likeness (QED) is 0.0835. The fourth-order valence-electron chi connectivity index (χ4n) is 4.29. The van der Waals surface area contributed by atoms with E-state index in [1.165, 1.54) is 62.5 Å². The van der Waals surface area contributed by atoms with Crippen LogP contribution in [0.2, 0.25) is 0 Å². The van der Waals surface area contributed by atoms with Gasteiger partial charge in [-0.1, -0.05) is 74.7 Å². The van der Waals surface area contributed by atoms with Gasteiger partial charge >= 0.3 is 0 Å². The summed E-state index contributed by atoms with van der Waals surface area (Å²) in [5, 5.41) is 7.32. The molecule has 0 unspecified atom stereocenters. The van der Waals surface area contributed by atoms with Gasteiger partial charge in [-0.3, -0.25) is 0 Å². The second-order valence-corrected chi connectivity index (χ2v) is 8.83. The minimum absolute atomic E-state index is 0.604. The minimum Gasteiger partial charge on any atom is -0.0940 e. The number of azide groups is 2. The van der Waals surface area contributed by atoms with Crippen LogP contribution >= 0.6 is 0 Å². The van der Waals surface area contributed by atoms with Crippen molar-refractivity contribution in [2.45, 2.75) is 117 Å². The van der Waals surface area contributed by atoms with Crippen LogP contribution in [-0.4, -0.2) is 13.1 Å². The van der Waals surface area contributed by atoms with Crippen molar-refractivity contribution < 1.29 is 0 Å². The van der Waals surface area contributed by atoms with Crippen molar-refractivity contribution in [3.8, 4) is 0 Å². The lowest BCUT2D eigenvalue weighted by atomic mass is 9.88. The number of hydrogen-bond acceptors (Lipinski definition) is 2. The van der Waals surface area contributed by atoms with E-state index in [0.29, 0.717) is 13.1 Å². The molecule has 0 radical (unpaired) electrons. The summed E-state index contributed by atoms with van der Waals surface area (Å²) < 4.78 is 0. The van der Waals surface area contributed by atoms with Crippen molar-refractivity contribution in [1.82, 2.24) is 0 Å². The molecule has 0 spiro atoms. The first-order valence-electron chi connectivity index (χ1n) is 12.9. The third kappa shape index (κ3) is 12.6. The molecule has 0 heterocycles. The van der Waals surface area contributed by atoms with Gasteiger partial charge in [0.25, 0.3) is 0 Å². The monoisotopic (exact) mass is 440 g/mol. The molecular formula is C26H44N6. The maximum absolute atomic E-state index is 8.45. The molecule has 0 aliphatic carbocycles. The molecule has 0 fully saturated rings. The van der Waals surface area contributed by atoms with Crippen molar-refractivity contribution in [2.24, 2.45) is 10.2 Å². The fourth-order valence-corrected chi connectivity index (χ4v) is 4.29. The largest absolute Gasteiger partial charge is 0.0940 e. The van der Waals surface area contributed by atoms with Crippen LogP contribution in [0.1, 0.15) is 113 Å². The molecular weight excluding hydrogens is 396 g/mol. The number of rotatable bonds is 20. The lowest BCUT2D eigenvalue weighted by Crippen LogP contribution is -2.04. The van der Waals surface area contributed by atoms with E-state index >= 15 is 0 Å². The van der Waals surface area contributed by atoms with E-state index in [9.17, 15) is 0 Å². The summed E-state index contributed by atoms with van der Waals surface area (Å²) in [6.07, 6.45) is 18.8. The molecule has 0 aromatic heterocycles. The Bertz CT molecular complexity index is 656. The zero-order chi connectivity index (χ0) is 23.3. The van der Waals surface area contributed by atoms with Gasteiger partial charge in [-0.2, -0.15) is 0 Å². The van der Waals surface area contributed by atoms with E-state index in [2.05, 4.69) is 46.0 Å². The zero-order valence-electron chi connectivity index (χ0n) is 20.6. The number of unbranched alkanes of at least 4 members (excludes halogenated alkanes) is 8. The molecule has 6 heteroatoms. The molecule has 0 saturated heterocycles. The van der Waals surface area contributed by atoms with E-state index in [1.807, 2.05) is 0 Å². The van der Waals surface area contributed by atoms with Gasteiger partial charge in [0.05, 0.1) is 0 Å². The Morgan fingerprint density at radius 1 is 0.531 bits per heavy atom. The standard InChI is InChI=1S/C26H44N6/c1-3-5-9-15-23-21-25(17-11-7-13-19-29-31-27)26(18-12-8-14-20-30-32-28)22-24(23)16-10-6-4-2/h21-22H,3-20H2,1-2H3. The highest BCUT2D eigenvalue weighted by Crippen LogP contribution is 2.25. The molecule has 0 aliphatic heterocycles. The Morgan fingerprint density at radius 2 is 0.875 bits per heavy atom. The Kier molecular flexibility index (Phi) is 17.0. The van der Waals surface area contributed by atoms with Crippen LogP contribution in [-0.2, 0) is 25.7 Å². The highest BCUT2D eigenvalue weighted by molar-refractivity contribution is 5.39. The summed E-state index contributed by atoms with van der Waals surface area (Å²) in [5.41, 5.74) is 23.1. The molecule has 0 amide bonds. The predicted molar refractivity (Wildman–Crippen MR) is 136 cm³/mol. The molecule has 1 rings (SSSR count). The molecule has 0 atom stereocenters. The average molecular weight is 441 g/mol. The second-order valence-electron chi connectivity index (χ2n) is 8.83. The van der Waals surface area contributed by atoms with E-state index in [1.54, 1.807) is 11.1 Å². The van der Waals surface area contributed by atoms with E-state index in [0.717, 1.165) is 51.4 Å². The number of nitrogens with zero attached hydrogens (tertiary/aromatic N) is 6. The topological polar surface area (TPSA) is 97.5 Å². The highest BCUT2D eigenvalue weighted by atomic mass is 15.1. The van der Waals surface area contributed by atoms with E-state index in [4.69, 9.17) is 11.1 Å². The summed E-state index contributed by atoms with van der Waals surface area (Å²) in [5.74, 6) is 0. The van der Waals surface area contributed by atoms with Crippen molar-refractivity contribution >= 4 is 0 Å². The number of hydrogen-bond donors (Lipinski definition) is 0. The second kappa shape index (κ2) is 19.5. The van der Waals surface area contributed by atoms with Crippen molar-refractivity contribution in [1.29, 1.82) is 0 Å². The Morgan fingerprint density at radius 3 is 1.19 bits per heavy atom. The van der Waals surface area contributed by atoms with E-state index in [-0.39, 0.29) is 0 Å². The lowest BCUT2D eigenvalue weighted by Gasteiger charge is -2.17. The maximum Gasteiger partial charge on any atom is 0.0257 e. The van der Waals surface area contributed by atoms with Gasteiger partial charge in [-0.05, 0) is 97.5 Å². The van der Waals surface area contributed by atoms with Gasteiger partial charge < -0.3 is 0 Å². The molecule has 0 N–H and O–H groups in total. The van der Waals surface area contributed by atoms with Crippen molar-refractivity contribution in [3.05, 3.63) is 55.3 Å². The maximum atomic E-state index is 8.45. The summed E-state index contributed by atoms with van der Waals surface area (Å²) in [6, 6.07) is 5.05. The van der Waals surface area contributed by atoms with Gasteiger partial charge in [-0.15, -0.1) is 0 Å². The Balaban J connectivity index is 2.91. The molecule has 1 aromatic carbocycles. The first kappa shape index (κ1) is 27.9. The van der Waals surface area contributed by atoms with Crippen molar-refractivity contribution in [3.63, 3.8) is 0 Å². The van der Waals surface area contributed by atoms with Crippen LogP contribution in [0.15, 0.2) is 22.4 Å². The summed E-state index contributed by atoms with van der Waals surface area (Å²) >= 11 is 0. The normalized spacial score (nSPS) is 10.6. The smallest absolute Gasteiger partial charge is 0.0257 e. The van der Waals surface area contributed by atoms with Crippen LogP contribution in [0.5, 0.6) is 0 Å². The van der Waals surface area contributed by atoms with Crippen molar-refractivity contribution in [2.75, 3.05) is 13.1 Å². The highest BCUT2D eigenvalue weighted by Gasteiger charge is 2.11. The van der Waals surface area contributed by atoms with Gasteiger partial charge in [0.2, 0.25) is 0 Å². The first-order valence-corrected chi connectivity index (χ1v) is 12.9. The molecule has 0 bridgehead atoms. The third-order valence-electron chi connectivity index (χ3n) is 6.16. The predicted octanol–water partition coefficient (Wildman–Crippen LogP) is 9.20. The van der Waals surface area contributed by atoms with Crippen LogP contribution < -0.4 is 0 Å². The van der Waals surface area contributed by atoms with Gasteiger partial charge in [0, 0.05) is 22.9 Å². The van der Waals surface area contributed by atoms with Gasteiger partial charge in [-0.25, -0.2) is 0 Å². The molecule has 32 heavy (non-hydrogen) atoms. The van der Waals surface area contributed by atoms with Crippen LogP contribution in [0.3, 0.4) is 0 Å².